The molecule has 0 saturated heterocycles. The highest BCUT2D eigenvalue weighted by molar-refractivity contribution is 9.10. The molecular formula is C7H6BrN5. The number of hydrogen-bond donors (Lipinski definition) is 2. The van der Waals surface area contributed by atoms with Gasteiger partial charge in [0.2, 0.25) is 5.82 Å². The van der Waals surface area contributed by atoms with Crippen molar-refractivity contribution in [3.63, 3.8) is 0 Å². The topological polar surface area (TPSA) is 66.5 Å². The molecule has 2 aromatic rings. The predicted octanol–water partition coefficient (Wildman–Crippen LogP) is 1.59. The van der Waals surface area contributed by atoms with E-state index in [4.69, 9.17) is 0 Å². The van der Waals surface area contributed by atoms with Crippen LogP contribution in [0.5, 0.6) is 0 Å². The zero-order valence-electron chi connectivity index (χ0n) is 6.53. The zero-order valence-corrected chi connectivity index (χ0v) is 8.12. The van der Waals surface area contributed by atoms with Crippen molar-refractivity contribution in [3.05, 3.63) is 24.3 Å². The second-order valence-corrected chi connectivity index (χ2v) is 2.77. The Morgan fingerprint density at radius 3 is 2.85 bits per heavy atom. The normalized spacial score (nSPS) is 9.92. The fourth-order valence-corrected chi connectivity index (χ4v) is 1.38. The van der Waals surface area contributed by atoms with Crippen molar-refractivity contribution in [2.24, 2.45) is 0 Å². The molecule has 0 amide bonds. The standard InChI is InChI=1S/C7H6BrN5/c8-9-6-4-2-1-3-5(6)7-10-12-13-11-7/h1-4,9H,(H,10,11,12,13). The highest BCUT2D eigenvalue weighted by Gasteiger charge is 2.06. The minimum atomic E-state index is 0.572. The van der Waals surface area contributed by atoms with Crippen LogP contribution >= 0.6 is 16.1 Å². The second-order valence-electron chi connectivity index (χ2n) is 2.38. The molecule has 66 valence electrons. The molecule has 0 atom stereocenters. The van der Waals surface area contributed by atoms with Crippen LogP contribution in [0.2, 0.25) is 0 Å². The zero-order chi connectivity index (χ0) is 9.10. The van der Waals surface area contributed by atoms with Gasteiger partial charge in [0.25, 0.3) is 0 Å². The van der Waals surface area contributed by atoms with Gasteiger partial charge in [0, 0.05) is 21.7 Å². The van der Waals surface area contributed by atoms with E-state index in [0.717, 1.165) is 11.3 Å². The lowest BCUT2D eigenvalue weighted by molar-refractivity contribution is 0.881. The Balaban J connectivity index is 2.51. The van der Waals surface area contributed by atoms with Crippen molar-refractivity contribution < 1.29 is 0 Å². The number of tetrazole rings is 1. The third-order valence-electron chi connectivity index (χ3n) is 1.62. The van der Waals surface area contributed by atoms with E-state index in [2.05, 4.69) is 41.1 Å². The van der Waals surface area contributed by atoms with E-state index in [-0.39, 0.29) is 0 Å². The highest BCUT2D eigenvalue weighted by atomic mass is 79.9. The third-order valence-corrected chi connectivity index (χ3v) is 2.04. The number of nitrogens with zero attached hydrogens (tertiary/aromatic N) is 3. The number of H-pyrrole nitrogens is 1. The molecule has 0 spiro atoms. The van der Waals surface area contributed by atoms with Gasteiger partial charge in [-0.1, -0.05) is 12.1 Å². The van der Waals surface area contributed by atoms with Crippen LogP contribution in [0.3, 0.4) is 0 Å². The van der Waals surface area contributed by atoms with Crippen LogP contribution in [0.25, 0.3) is 11.4 Å². The summed E-state index contributed by atoms with van der Waals surface area (Å²) in [5.41, 5.74) is 1.80. The van der Waals surface area contributed by atoms with Gasteiger partial charge < -0.3 is 4.34 Å². The molecule has 0 bridgehead atoms. The van der Waals surface area contributed by atoms with Gasteiger partial charge in [-0.05, 0) is 17.3 Å². The Kier molecular flexibility index (Phi) is 2.22. The first kappa shape index (κ1) is 8.18. The number of benzene rings is 1. The quantitative estimate of drug-likeness (QED) is 0.782. The van der Waals surface area contributed by atoms with Gasteiger partial charge in [-0.3, -0.25) is 0 Å². The predicted molar refractivity (Wildman–Crippen MR) is 52.2 cm³/mol. The van der Waals surface area contributed by atoms with Crippen LogP contribution in [0.4, 0.5) is 5.69 Å². The summed E-state index contributed by atoms with van der Waals surface area (Å²) in [5.74, 6) is 0.572. The van der Waals surface area contributed by atoms with E-state index in [9.17, 15) is 0 Å². The van der Waals surface area contributed by atoms with Crippen LogP contribution in [0.15, 0.2) is 24.3 Å². The number of para-hydroxylation sites is 1. The van der Waals surface area contributed by atoms with Crippen molar-refractivity contribution in [1.29, 1.82) is 0 Å². The Labute approximate surface area is 82.9 Å². The Hall–Kier alpha value is -1.43. The summed E-state index contributed by atoms with van der Waals surface area (Å²) in [7, 11) is 0. The summed E-state index contributed by atoms with van der Waals surface area (Å²) in [6, 6.07) is 7.67. The minimum absolute atomic E-state index is 0.572. The van der Waals surface area contributed by atoms with Crippen LogP contribution in [0.1, 0.15) is 0 Å². The van der Waals surface area contributed by atoms with Crippen molar-refractivity contribution in [3.8, 4) is 11.4 Å². The highest BCUT2D eigenvalue weighted by Crippen LogP contribution is 2.24. The maximum absolute atomic E-state index is 3.89. The molecule has 6 heteroatoms. The average Bonchev–Trinajstić information content (AvgIpc) is 2.70. The average molecular weight is 240 g/mol. The lowest BCUT2D eigenvalue weighted by Gasteiger charge is -2.01. The summed E-state index contributed by atoms with van der Waals surface area (Å²) in [6.45, 7) is 0. The van der Waals surface area contributed by atoms with Crippen molar-refractivity contribution in [2.75, 3.05) is 4.34 Å². The molecule has 1 aromatic heterocycles. The van der Waals surface area contributed by atoms with Gasteiger partial charge in [-0.2, -0.15) is 5.21 Å². The number of rotatable bonds is 2. The first-order valence-corrected chi connectivity index (χ1v) is 4.40. The number of hydrogen-bond acceptors (Lipinski definition) is 4. The Morgan fingerprint density at radius 2 is 2.15 bits per heavy atom. The van der Waals surface area contributed by atoms with Gasteiger partial charge in [0.1, 0.15) is 0 Å². The molecule has 1 aromatic carbocycles. The number of halogens is 1. The number of aromatic amines is 1. The molecule has 0 saturated carbocycles. The molecule has 2 N–H and O–H groups in total. The van der Waals surface area contributed by atoms with Gasteiger partial charge in [0.15, 0.2) is 0 Å². The third kappa shape index (κ3) is 1.52. The van der Waals surface area contributed by atoms with E-state index in [0.29, 0.717) is 5.82 Å². The second kappa shape index (κ2) is 3.53. The molecule has 2 rings (SSSR count). The first-order valence-electron chi connectivity index (χ1n) is 3.61. The van der Waals surface area contributed by atoms with E-state index in [1.165, 1.54) is 0 Å². The monoisotopic (exact) mass is 239 g/mol. The molecule has 13 heavy (non-hydrogen) atoms. The van der Waals surface area contributed by atoms with E-state index in [1.54, 1.807) is 0 Å². The van der Waals surface area contributed by atoms with Gasteiger partial charge in [-0.25, -0.2) is 0 Å². The van der Waals surface area contributed by atoms with E-state index in [1.807, 2.05) is 24.3 Å². The van der Waals surface area contributed by atoms with Gasteiger partial charge >= 0.3 is 0 Å². The number of anilines is 1. The Bertz CT molecular complexity index is 386. The lowest BCUT2D eigenvalue weighted by Crippen LogP contribution is -1.87. The van der Waals surface area contributed by atoms with Crippen LogP contribution in [-0.2, 0) is 0 Å². The lowest BCUT2D eigenvalue weighted by atomic mass is 10.2. The number of nitrogens with one attached hydrogen (secondary N) is 2. The largest absolute Gasteiger partial charge is 0.322 e. The maximum atomic E-state index is 3.89. The molecular weight excluding hydrogens is 234 g/mol. The summed E-state index contributed by atoms with van der Waals surface area (Å²) in [4.78, 5) is 0. The minimum Gasteiger partial charge on any atom is -0.322 e. The molecule has 0 unspecified atom stereocenters. The van der Waals surface area contributed by atoms with Crippen molar-refractivity contribution in [1.82, 2.24) is 20.6 Å². The van der Waals surface area contributed by atoms with Crippen molar-refractivity contribution in [2.45, 2.75) is 0 Å². The van der Waals surface area contributed by atoms with E-state index < -0.39 is 0 Å². The molecule has 0 fully saturated rings. The fraction of sp³-hybridized carbons (Fsp3) is 0. The maximum Gasteiger partial charge on any atom is 0.206 e. The SMILES string of the molecule is BrNc1ccccc1-c1nn[nH]n1. The Morgan fingerprint density at radius 1 is 1.31 bits per heavy atom. The summed E-state index contributed by atoms with van der Waals surface area (Å²) in [5, 5.41) is 13.7. The first-order chi connectivity index (χ1) is 6.42. The molecule has 5 nitrogen and oxygen atoms in total. The van der Waals surface area contributed by atoms with Crippen molar-refractivity contribution >= 4 is 21.8 Å². The molecule has 0 aliphatic heterocycles. The van der Waals surface area contributed by atoms with Crippen LogP contribution < -0.4 is 4.34 Å². The fourth-order valence-electron chi connectivity index (χ4n) is 1.04. The van der Waals surface area contributed by atoms with E-state index >= 15 is 0 Å². The summed E-state index contributed by atoms with van der Waals surface area (Å²) < 4.78 is 2.87. The number of aromatic nitrogens is 4. The molecule has 1 heterocycles. The van der Waals surface area contributed by atoms with Crippen LogP contribution in [0, 0.1) is 0 Å². The molecule has 0 aliphatic carbocycles. The molecule has 0 aliphatic rings. The van der Waals surface area contributed by atoms with Gasteiger partial charge in [-0.15, -0.1) is 10.2 Å². The van der Waals surface area contributed by atoms with Crippen LogP contribution in [-0.4, -0.2) is 20.6 Å². The smallest absolute Gasteiger partial charge is 0.206 e. The summed E-state index contributed by atoms with van der Waals surface area (Å²) in [6.07, 6.45) is 0. The summed E-state index contributed by atoms with van der Waals surface area (Å²) >= 11 is 3.16. The van der Waals surface area contributed by atoms with Gasteiger partial charge in [0.05, 0.1) is 5.69 Å². The molecule has 0 radical (unpaired) electrons.